The van der Waals surface area contributed by atoms with Crippen molar-refractivity contribution in [3.8, 4) is 22.8 Å². The molecule has 0 atom stereocenters. The number of ether oxygens (including phenoxy) is 2. The molecule has 1 aliphatic rings. The van der Waals surface area contributed by atoms with E-state index in [-0.39, 0.29) is 24.8 Å². The summed E-state index contributed by atoms with van der Waals surface area (Å²) in [5.41, 5.74) is 1.78. The van der Waals surface area contributed by atoms with Crippen LogP contribution in [-0.4, -0.2) is 61.3 Å². The molecular weight excluding hydrogens is 387 g/mol. The number of piperazine rings is 1. The van der Waals surface area contributed by atoms with Gasteiger partial charge >= 0.3 is 0 Å². The Kier molecular flexibility index (Phi) is 9.09. The van der Waals surface area contributed by atoms with Crippen molar-refractivity contribution in [2.75, 3.05) is 45.3 Å². The summed E-state index contributed by atoms with van der Waals surface area (Å²) in [4.78, 5) is 14.0. The van der Waals surface area contributed by atoms with Crippen LogP contribution in [0.3, 0.4) is 0 Å². The lowest BCUT2D eigenvalue weighted by Gasteiger charge is -2.37. The summed E-state index contributed by atoms with van der Waals surface area (Å²) in [6.07, 6.45) is 3.68. The minimum Gasteiger partial charge on any atom is -0.493 e. The van der Waals surface area contributed by atoms with Crippen molar-refractivity contribution >= 4 is 30.6 Å². The van der Waals surface area contributed by atoms with E-state index < -0.39 is 0 Å². The lowest BCUT2D eigenvalue weighted by molar-refractivity contribution is 0.209. The highest BCUT2D eigenvalue weighted by Gasteiger charge is 2.20. The van der Waals surface area contributed by atoms with Crippen molar-refractivity contribution in [3.05, 3.63) is 30.6 Å². The highest BCUT2D eigenvalue weighted by Crippen LogP contribution is 2.31. The Labute approximate surface area is 173 Å². The highest BCUT2D eigenvalue weighted by atomic mass is 35.5. The third-order valence-corrected chi connectivity index (χ3v) is 4.69. The molecule has 0 N–H and O–H groups in total. The number of methoxy groups -OCH3 is 2. The van der Waals surface area contributed by atoms with Gasteiger partial charge in [0, 0.05) is 37.8 Å². The van der Waals surface area contributed by atoms with Crippen LogP contribution < -0.4 is 14.4 Å². The molecule has 1 aliphatic heterocycles. The SMILES string of the molecule is COc1ccc(-c2cnc(N3CCN(C(C)C)CC3)cn2)cc1OC.Cl.Cl. The average Bonchev–Trinajstić information content (AvgIpc) is 2.67. The molecule has 6 nitrogen and oxygen atoms in total. The minimum atomic E-state index is 0. The fourth-order valence-corrected chi connectivity index (χ4v) is 3.10. The monoisotopic (exact) mass is 414 g/mol. The van der Waals surface area contributed by atoms with E-state index in [0.29, 0.717) is 17.5 Å². The van der Waals surface area contributed by atoms with E-state index in [1.165, 1.54) is 0 Å². The largest absolute Gasteiger partial charge is 0.493 e. The van der Waals surface area contributed by atoms with Gasteiger partial charge in [-0.2, -0.15) is 0 Å². The number of anilines is 1. The predicted octanol–water partition coefficient (Wildman–Crippen LogP) is 3.53. The number of benzene rings is 1. The van der Waals surface area contributed by atoms with Crippen molar-refractivity contribution in [2.24, 2.45) is 0 Å². The predicted molar refractivity (Wildman–Crippen MR) is 114 cm³/mol. The summed E-state index contributed by atoms with van der Waals surface area (Å²) in [5.74, 6) is 2.34. The third-order valence-electron chi connectivity index (χ3n) is 4.69. The highest BCUT2D eigenvalue weighted by molar-refractivity contribution is 5.85. The van der Waals surface area contributed by atoms with Gasteiger partial charge < -0.3 is 14.4 Å². The van der Waals surface area contributed by atoms with E-state index in [1.807, 2.05) is 30.6 Å². The Bertz CT molecular complexity index is 705. The van der Waals surface area contributed by atoms with Crippen LogP contribution in [0, 0.1) is 0 Å². The Balaban J connectivity index is 0.00000182. The Morgan fingerprint density at radius 1 is 0.889 bits per heavy atom. The molecule has 2 heterocycles. The van der Waals surface area contributed by atoms with Crippen LogP contribution in [0.2, 0.25) is 0 Å². The van der Waals surface area contributed by atoms with Gasteiger partial charge in [0.25, 0.3) is 0 Å². The molecule has 1 saturated heterocycles. The first kappa shape index (κ1) is 23.3. The van der Waals surface area contributed by atoms with Crippen molar-refractivity contribution in [1.29, 1.82) is 0 Å². The van der Waals surface area contributed by atoms with Crippen LogP contribution in [-0.2, 0) is 0 Å². The quantitative estimate of drug-likeness (QED) is 0.745. The first-order chi connectivity index (χ1) is 12.1. The summed E-state index contributed by atoms with van der Waals surface area (Å²) < 4.78 is 10.6. The molecule has 0 spiro atoms. The Hall–Kier alpha value is -1.76. The second-order valence-corrected chi connectivity index (χ2v) is 6.45. The number of hydrogen-bond donors (Lipinski definition) is 0. The maximum absolute atomic E-state index is 5.36. The zero-order valence-corrected chi connectivity index (χ0v) is 17.8. The van der Waals surface area contributed by atoms with Gasteiger partial charge in [-0.3, -0.25) is 9.88 Å². The van der Waals surface area contributed by atoms with E-state index in [4.69, 9.17) is 9.47 Å². The molecule has 27 heavy (non-hydrogen) atoms. The smallest absolute Gasteiger partial charge is 0.161 e. The van der Waals surface area contributed by atoms with Crippen molar-refractivity contribution < 1.29 is 9.47 Å². The summed E-state index contributed by atoms with van der Waals surface area (Å²) in [7, 11) is 3.26. The normalized spacial score (nSPS) is 14.3. The fourth-order valence-electron chi connectivity index (χ4n) is 3.10. The van der Waals surface area contributed by atoms with E-state index in [1.54, 1.807) is 14.2 Å². The molecule has 0 saturated carbocycles. The van der Waals surface area contributed by atoms with Gasteiger partial charge in [-0.05, 0) is 32.0 Å². The molecule has 150 valence electrons. The first-order valence-electron chi connectivity index (χ1n) is 8.66. The molecule has 1 aromatic carbocycles. The second-order valence-electron chi connectivity index (χ2n) is 6.45. The minimum absolute atomic E-state index is 0. The van der Waals surface area contributed by atoms with Gasteiger partial charge in [0.05, 0.1) is 32.3 Å². The second kappa shape index (κ2) is 10.5. The number of halogens is 2. The zero-order valence-electron chi connectivity index (χ0n) is 16.2. The summed E-state index contributed by atoms with van der Waals surface area (Å²) in [5, 5.41) is 0. The van der Waals surface area contributed by atoms with Gasteiger partial charge in [0.2, 0.25) is 0 Å². The lowest BCUT2D eigenvalue weighted by atomic mass is 10.1. The molecule has 3 rings (SSSR count). The van der Waals surface area contributed by atoms with Gasteiger partial charge in [0.1, 0.15) is 5.82 Å². The van der Waals surface area contributed by atoms with Crippen LogP contribution in [0.5, 0.6) is 11.5 Å². The van der Waals surface area contributed by atoms with Crippen LogP contribution >= 0.6 is 24.8 Å². The van der Waals surface area contributed by atoms with Crippen molar-refractivity contribution in [1.82, 2.24) is 14.9 Å². The van der Waals surface area contributed by atoms with E-state index in [2.05, 4.69) is 33.6 Å². The molecule has 0 unspecified atom stereocenters. The molecule has 1 aromatic heterocycles. The van der Waals surface area contributed by atoms with E-state index in [0.717, 1.165) is 43.3 Å². The molecule has 0 aliphatic carbocycles. The number of aromatic nitrogens is 2. The Morgan fingerprint density at radius 2 is 1.56 bits per heavy atom. The number of nitrogens with zero attached hydrogens (tertiary/aromatic N) is 4. The van der Waals surface area contributed by atoms with Gasteiger partial charge in [-0.25, -0.2) is 4.98 Å². The molecule has 2 aromatic rings. The molecular formula is C19H28Cl2N4O2. The van der Waals surface area contributed by atoms with Crippen LogP contribution in [0.1, 0.15) is 13.8 Å². The van der Waals surface area contributed by atoms with E-state index >= 15 is 0 Å². The standard InChI is InChI=1S/C19H26N4O2.2ClH/c1-14(2)22-7-9-23(10-8-22)19-13-20-16(12-21-19)15-5-6-17(24-3)18(11-15)25-4;;/h5-6,11-14H,7-10H2,1-4H3;2*1H. The maximum Gasteiger partial charge on any atom is 0.161 e. The molecule has 0 bridgehead atoms. The summed E-state index contributed by atoms with van der Waals surface area (Å²) in [6, 6.07) is 6.37. The van der Waals surface area contributed by atoms with Crippen molar-refractivity contribution in [2.45, 2.75) is 19.9 Å². The van der Waals surface area contributed by atoms with Crippen LogP contribution in [0.25, 0.3) is 11.3 Å². The molecule has 0 amide bonds. The van der Waals surface area contributed by atoms with Gasteiger partial charge in [-0.1, -0.05) is 0 Å². The molecule has 1 fully saturated rings. The first-order valence-corrected chi connectivity index (χ1v) is 8.66. The number of hydrogen-bond acceptors (Lipinski definition) is 6. The van der Waals surface area contributed by atoms with Gasteiger partial charge in [0.15, 0.2) is 11.5 Å². The summed E-state index contributed by atoms with van der Waals surface area (Å²) in [6.45, 7) is 8.60. The topological polar surface area (TPSA) is 50.7 Å². The molecule has 0 radical (unpaired) electrons. The maximum atomic E-state index is 5.36. The number of rotatable bonds is 5. The zero-order chi connectivity index (χ0) is 17.8. The van der Waals surface area contributed by atoms with Gasteiger partial charge in [-0.15, -0.1) is 24.8 Å². The third kappa shape index (κ3) is 5.37. The Morgan fingerprint density at radius 3 is 2.07 bits per heavy atom. The fraction of sp³-hybridized carbons (Fsp3) is 0.474. The van der Waals surface area contributed by atoms with Crippen LogP contribution in [0.4, 0.5) is 5.82 Å². The molecule has 8 heteroatoms. The summed E-state index contributed by atoms with van der Waals surface area (Å²) >= 11 is 0. The van der Waals surface area contributed by atoms with Crippen molar-refractivity contribution in [3.63, 3.8) is 0 Å². The average molecular weight is 415 g/mol. The van der Waals surface area contributed by atoms with Crippen LogP contribution in [0.15, 0.2) is 30.6 Å². The van der Waals surface area contributed by atoms with E-state index in [9.17, 15) is 0 Å². The lowest BCUT2D eigenvalue weighted by Crippen LogP contribution is -2.49.